The van der Waals surface area contributed by atoms with Crippen LogP contribution in [0.5, 0.6) is 0 Å². The molecule has 0 spiro atoms. The minimum atomic E-state index is 0.239. The molecule has 56 valence electrons. The van der Waals surface area contributed by atoms with Crippen LogP contribution in [0.2, 0.25) is 0 Å². The minimum Gasteiger partial charge on any atom is -0.457 e. The summed E-state index contributed by atoms with van der Waals surface area (Å²) in [4.78, 5) is 0. The van der Waals surface area contributed by atoms with Gasteiger partial charge in [-0.1, -0.05) is 0 Å². The van der Waals surface area contributed by atoms with Crippen LogP contribution in [0.15, 0.2) is 21.4 Å². The molecule has 10 heavy (non-hydrogen) atoms. The van der Waals surface area contributed by atoms with Crippen LogP contribution >= 0.6 is 15.9 Å². The Kier molecular flexibility index (Phi) is 2.96. The molecule has 0 aromatic carbocycles. The van der Waals surface area contributed by atoms with E-state index in [0.717, 1.165) is 23.1 Å². The highest BCUT2D eigenvalue weighted by Gasteiger charge is 1.96. The third-order valence-corrected chi connectivity index (χ3v) is 1.66. The molecule has 1 aromatic rings. The Morgan fingerprint density at radius 2 is 2.40 bits per heavy atom. The molecule has 1 rings (SSSR count). The van der Waals surface area contributed by atoms with Crippen molar-refractivity contribution in [2.24, 2.45) is 0 Å². The van der Waals surface area contributed by atoms with Crippen molar-refractivity contribution in [1.82, 2.24) is 0 Å². The molecule has 0 radical (unpaired) electrons. The highest BCUT2D eigenvalue weighted by Crippen LogP contribution is 2.14. The Morgan fingerprint density at radius 1 is 1.60 bits per heavy atom. The van der Waals surface area contributed by atoms with Gasteiger partial charge in [-0.3, -0.25) is 0 Å². The maximum Gasteiger partial charge on any atom is 0.169 e. The zero-order valence-electron chi connectivity index (χ0n) is 5.51. The molecule has 0 saturated carbocycles. The average molecular weight is 205 g/mol. The van der Waals surface area contributed by atoms with Crippen molar-refractivity contribution in [2.75, 3.05) is 6.61 Å². The first-order chi connectivity index (χ1) is 4.83. The van der Waals surface area contributed by atoms with Crippen molar-refractivity contribution < 1.29 is 9.52 Å². The first kappa shape index (κ1) is 7.82. The number of rotatable bonds is 3. The zero-order chi connectivity index (χ0) is 7.40. The van der Waals surface area contributed by atoms with Crippen LogP contribution in [-0.2, 0) is 6.42 Å². The fraction of sp³-hybridized carbons (Fsp3) is 0.429. The van der Waals surface area contributed by atoms with Gasteiger partial charge in [0.25, 0.3) is 0 Å². The largest absolute Gasteiger partial charge is 0.457 e. The van der Waals surface area contributed by atoms with E-state index in [1.165, 1.54) is 0 Å². The summed E-state index contributed by atoms with van der Waals surface area (Å²) >= 11 is 3.19. The number of aliphatic hydroxyl groups excluding tert-OH is 1. The molecular formula is C7H9BrO2. The standard InChI is InChI=1S/C7H9BrO2/c8-7-4-6(5-10-7)2-1-3-9/h4-5,9H,1-3H2. The molecule has 0 amide bonds. The third kappa shape index (κ3) is 2.15. The molecule has 1 heterocycles. The average Bonchev–Trinajstić information content (AvgIpc) is 2.31. The number of furan rings is 1. The zero-order valence-corrected chi connectivity index (χ0v) is 7.10. The van der Waals surface area contributed by atoms with Crippen LogP contribution in [0, 0.1) is 0 Å². The molecule has 0 unspecified atom stereocenters. The van der Waals surface area contributed by atoms with Crippen molar-refractivity contribution >= 4 is 15.9 Å². The fourth-order valence-electron chi connectivity index (χ4n) is 0.760. The Balaban J connectivity index is 2.42. The topological polar surface area (TPSA) is 33.4 Å². The van der Waals surface area contributed by atoms with E-state index in [9.17, 15) is 0 Å². The Labute approximate surface area is 68.0 Å². The van der Waals surface area contributed by atoms with E-state index in [4.69, 9.17) is 9.52 Å². The lowest BCUT2D eigenvalue weighted by atomic mass is 10.2. The monoisotopic (exact) mass is 204 g/mol. The molecule has 0 aliphatic heterocycles. The SMILES string of the molecule is OCCCc1coc(Br)c1. The Morgan fingerprint density at radius 3 is 2.90 bits per heavy atom. The molecule has 0 saturated heterocycles. The maximum atomic E-state index is 8.49. The van der Waals surface area contributed by atoms with E-state index < -0.39 is 0 Å². The van der Waals surface area contributed by atoms with Gasteiger partial charge in [0.05, 0.1) is 6.26 Å². The summed E-state index contributed by atoms with van der Waals surface area (Å²) in [5.74, 6) is 0. The van der Waals surface area contributed by atoms with Crippen LogP contribution in [0.3, 0.4) is 0 Å². The van der Waals surface area contributed by atoms with Crippen molar-refractivity contribution in [3.8, 4) is 0 Å². The molecule has 1 N–H and O–H groups in total. The predicted molar refractivity (Wildman–Crippen MR) is 41.8 cm³/mol. The van der Waals surface area contributed by atoms with Crippen LogP contribution < -0.4 is 0 Å². The van der Waals surface area contributed by atoms with Gasteiger partial charge in [-0.2, -0.15) is 0 Å². The van der Waals surface area contributed by atoms with Crippen molar-refractivity contribution in [3.05, 3.63) is 22.6 Å². The van der Waals surface area contributed by atoms with Crippen LogP contribution in [0.1, 0.15) is 12.0 Å². The summed E-state index contributed by atoms with van der Waals surface area (Å²) in [6.07, 6.45) is 3.37. The lowest BCUT2D eigenvalue weighted by molar-refractivity contribution is 0.288. The summed E-state index contributed by atoms with van der Waals surface area (Å²) in [5.41, 5.74) is 1.13. The first-order valence-electron chi connectivity index (χ1n) is 3.16. The van der Waals surface area contributed by atoms with E-state index in [0.29, 0.717) is 0 Å². The van der Waals surface area contributed by atoms with Gasteiger partial charge in [0.2, 0.25) is 0 Å². The summed E-state index contributed by atoms with van der Waals surface area (Å²) in [6, 6.07) is 1.91. The molecule has 0 bridgehead atoms. The van der Waals surface area contributed by atoms with E-state index in [1.807, 2.05) is 6.07 Å². The smallest absolute Gasteiger partial charge is 0.169 e. The van der Waals surface area contributed by atoms with E-state index in [1.54, 1.807) is 6.26 Å². The third-order valence-electron chi connectivity index (χ3n) is 1.25. The fourth-order valence-corrected chi connectivity index (χ4v) is 1.15. The van der Waals surface area contributed by atoms with Crippen molar-refractivity contribution in [2.45, 2.75) is 12.8 Å². The Bertz CT molecular complexity index is 195. The number of aliphatic hydroxyl groups is 1. The van der Waals surface area contributed by atoms with E-state index in [2.05, 4.69) is 15.9 Å². The highest BCUT2D eigenvalue weighted by atomic mass is 79.9. The second-order valence-corrected chi connectivity index (χ2v) is 2.87. The van der Waals surface area contributed by atoms with Crippen LogP contribution in [-0.4, -0.2) is 11.7 Å². The molecule has 0 aliphatic rings. The first-order valence-corrected chi connectivity index (χ1v) is 3.96. The maximum absolute atomic E-state index is 8.49. The normalized spacial score (nSPS) is 10.2. The minimum absolute atomic E-state index is 0.239. The van der Waals surface area contributed by atoms with Crippen molar-refractivity contribution in [1.29, 1.82) is 0 Å². The van der Waals surface area contributed by atoms with Gasteiger partial charge in [0.15, 0.2) is 4.67 Å². The van der Waals surface area contributed by atoms with Gasteiger partial charge >= 0.3 is 0 Å². The van der Waals surface area contributed by atoms with Crippen LogP contribution in [0.4, 0.5) is 0 Å². The summed E-state index contributed by atoms with van der Waals surface area (Å²) < 4.78 is 5.75. The van der Waals surface area contributed by atoms with Gasteiger partial charge in [-0.05, 0) is 40.4 Å². The lowest BCUT2D eigenvalue weighted by Crippen LogP contribution is -1.85. The van der Waals surface area contributed by atoms with Gasteiger partial charge in [0, 0.05) is 6.61 Å². The predicted octanol–water partition coefficient (Wildman–Crippen LogP) is 1.97. The van der Waals surface area contributed by atoms with Crippen LogP contribution in [0.25, 0.3) is 0 Å². The van der Waals surface area contributed by atoms with Gasteiger partial charge in [0.1, 0.15) is 0 Å². The second kappa shape index (κ2) is 3.78. The Hall–Kier alpha value is -0.280. The molecule has 3 heteroatoms. The number of hydrogen-bond donors (Lipinski definition) is 1. The molecule has 0 fully saturated rings. The molecule has 0 atom stereocenters. The molecule has 1 aromatic heterocycles. The number of halogens is 1. The van der Waals surface area contributed by atoms with E-state index >= 15 is 0 Å². The summed E-state index contributed by atoms with van der Waals surface area (Å²) in [5, 5.41) is 8.49. The van der Waals surface area contributed by atoms with Gasteiger partial charge < -0.3 is 9.52 Å². The summed E-state index contributed by atoms with van der Waals surface area (Å²) in [6.45, 7) is 0.239. The van der Waals surface area contributed by atoms with Gasteiger partial charge in [-0.25, -0.2) is 0 Å². The lowest BCUT2D eigenvalue weighted by Gasteiger charge is -1.89. The van der Waals surface area contributed by atoms with Crippen molar-refractivity contribution in [3.63, 3.8) is 0 Å². The quantitative estimate of drug-likeness (QED) is 0.818. The molecular weight excluding hydrogens is 196 g/mol. The molecule has 2 nitrogen and oxygen atoms in total. The highest BCUT2D eigenvalue weighted by molar-refractivity contribution is 9.10. The number of aryl methyl sites for hydroxylation is 1. The van der Waals surface area contributed by atoms with Gasteiger partial charge in [-0.15, -0.1) is 0 Å². The second-order valence-electron chi connectivity index (χ2n) is 2.09. The summed E-state index contributed by atoms with van der Waals surface area (Å²) in [7, 11) is 0. The molecule has 0 aliphatic carbocycles. The number of hydrogen-bond acceptors (Lipinski definition) is 2. The van der Waals surface area contributed by atoms with E-state index in [-0.39, 0.29) is 6.61 Å².